The Bertz CT molecular complexity index is 2650. The van der Waals surface area contributed by atoms with E-state index < -0.39 is 0 Å². The number of aryl methyl sites for hydroxylation is 3. The largest absolute Gasteiger partial charge is 0.310 e. The van der Waals surface area contributed by atoms with Crippen molar-refractivity contribution < 1.29 is 0 Å². The summed E-state index contributed by atoms with van der Waals surface area (Å²) in [4.78, 5) is 2.34. The molecule has 0 amide bonds. The van der Waals surface area contributed by atoms with Crippen LogP contribution < -0.4 is 4.90 Å². The molecule has 0 atom stereocenters. The fourth-order valence-electron chi connectivity index (χ4n) is 7.56. The lowest BCUT2D eigenvalue weighted by Crippen LogP contribution is -2.11. The standard InChI is InChI=1S/C31H25N.C22H18/c1-24-16-20-28(21-17-24)32(29-22-18-26(19-23-29)25-10-4-2-5-11-25)31-15-9-8-14-30(31)27-12-6-3-7-13-27;1-15-7-5-9-18-10-6-12-20(21(15)18)22-16(2)13-14-17-8-3-4-11-19(17)22/h2-23H,1H3;3-14H,1-2H3. The second-order valence-electron chi connectivity index (χ2n) is 13.9. The minimum absolute atomic E-state index is 1.14. The third-order valence-corrected chi connectivity index (χ3v) is 10.3. The highest BCUT2D eigenvalue weighted by Gasteiger charge is 2.17. The minimum Gasteiger partial charge on any atom is -0.310 e. The molecular weight excluding hydrogens is 651 g/mol. The average molecular weight is 694 g/mol. The first-order chi connectivity index (χ1) is 26.5. The van der Waals surface area contributed by atoms with E-state index in [1.807, 2.05) is 0 Å². The molecule has 0 saturated heterocycles. The van der Waals surface area contributed by atoms with E-state index in [1.54, 1.807) is 0 Å². The van der Waals surface area contributed by atoms with Crippen LogP contribution in [-0.4, -0.2) is 0 Å². The number of rotatable bonds is 6. The Balaban J connectivity index is 0.000000164. The second kappa shape index (κ2) is 15.5. The summed E-state index contributed by atoms with van der Waals surface area (Å²) in [5.41, 5.74) is 14.9. The van der Waals surface area contributed by atoms with E-state index in [1.165, 1.54) is 71.6 Å². The smallest absolute Gasteiger partial charge is 0.0540 e. The molecule has 0 saturated carbocycles. The van der Waals surface area contributed by atoms with Crippen molar-refractivity contribution in [3.63, 3.8) is 0 Å². The Morgan fingerprint density at radius 3 is 1.59 bits per heavy atom. The lowest BCUT2D eigenvalue weighted by atomic mass is 9.89. The van der Waals surface area contributed by atoms with Crippen LogP contribution in [-0.2, 0) is 0 Å². The third-order valence-electron chi connectivity index (χ3n) is 10.3. The Kier molecular flexibility index (Phi) is 9.87. The van der Waals surface area contributed by atoms with Gasteiger partial charge in [0.15, 0.2) is 0 Å². The van der Waals surface area contributed by atoms with Crippen molar-refractivity contribution >= 4 is 38.6 Å². The molecular formula is C53H43N. The van der Waals surface area contributed by atoms with E-state index >= 15 is 0 Å². The average Bonchev–Trinajstić information content (AvgIpc) is 3.23. The van der Waals surface area contributed by atoms with Gasteiger partial charge in [-0.2, -0.15) is 0 Å². The van der Waals surface area contributed by atoms with Crippen LogP contribution in [0.4, 0.5) is 17.1 Å². The molecule has 54 heavy (non-hydrogen) atoms. The minimum atomic E-state index is 1.14. The van der Waals surface area contributed by atoms with Gasteiger partial charge in [0.25, 0.3) is 0 Å². The molecule has 9 aromatic rings. The van der Waals surface area contributed by atoms with Crippen LogP contribution in [0.25, 0.3) is 54.9 Å². The Hall–Kier alpha value is -6.70. The summed E-state index contributed by atoms with van der Waals surface area (Å²) in [6.45, 7) is 6.53. The first-order valence-electron chi connectivity index (χ1n) is 18.7. The Morgan fingerprint density at radius 1 is 0.333 bits per heavy atom. The van der Waals surface area contributed by atoms with Crippen molar-refractivity contribution in [2.45, 2.75) is 20.8 Å². The Morgan fingerprint density at radius 2 is 0.870 bits per heavy atom. The molecule has 0 aliphatic rings. The van der Waals surface area contributed by atoms with Gasteiger partial charge in [0.05, 0.1) is 5.69 Å². The maximum atomic E-state index is 2.34. The van der Waals surface area contributed by atoms with Gasteiger partial charge in [0.2, 0.25) is 0 Å². The van der Waals surface area contributed by atoms with Crippen molar-refractivity contribution in [2.24, 2.45) is 0 Å². The normalized spacial score (nSPS) is 10.9. The molecule has 260 valence electrons. The summed E-state index contributed by atoms with van der Waals surface area (Å²) in [5, 5.41) is 5.31. The highest BCUT2D eigenvalue weighted by atomic mass is 15.1. The maximum Gasteiger partial charge on any atom is 0.0540 e. The number of nitrogens with zero attached hydrogens (tertiary/aromatic N) is 1. The number of hydrogen-bond acceptors (Lipinski definition) is 1. The van der Waals surface area contributed by atoms with Crippen LogP contribution in [0, 0.1) is 20.8 Å². The van der Waals surface area contributed by atoms with Gasteiger partial charge in [-0.1, -0.05) is 181 Å². The first kappa shape index (κ1) is 34.4. The maximum absolute atomic E-state index is 2.34. The monoisotopic (exact) mass is 693 g/mol. The first-order valence-corrected chi connectivity index (χ1v) is 18.7. The number of hydrogen-bond donors (Lipinski definition) is 0. The fraction of sp³-hybridized carbons (Fsp3) is 0.0566. The highest BCUT2D eigenvalue weighted by molar-refractivity contribution is 6.07. The number of anilines is 3. The van der Waals surface area contributed by atoms with Crippen LogP contribution in [0.3, 0.4) is 0 Å². The van der Waals surface area contributed by atoms with Gasteiger partial charge in [-0.15, -0.1) is 0 Å². The van der Waals surface area contributed by atoms with Crippen molar-refractivity contribution in [3.05, 3.63) is 223 Å². The van der Waals surface area contributed by atoms with Gasteiger partial charge in [-0.25, -0.2) is 0 Å². The van der Waals surface area contributed by atoms with E-state index in [0.29, 0.717) is 0 Å². The predicted octanol–water partition coefficient (Wildman–Crippen LogP) is 15.1. The summed E-state index contributed by atoms with van der Waals surface area (Å²) >= 11 is 0. The summed E-state index contributed by atoms with van der Waals surface area (Å²) in [6, 6.07) is 73.6. The van der Waals surface area contributed by atoms with E-state index in [9.17, 15) is 0 Å². The van der Waals surface area contributed by atoms with E-state index in [2.05, 4.69) is 232 Å². The lowest BCUT2D eigenvalue weighted by molar-refractivity contribution is 1.27. The van der Waals surface area contributed by atoms with Crippen LogP contribution in [0.1, 0.15) is 16.7 Å². The molecule has 1 heteroatoms. The summed E-state index contributed by atoms with van der Waals surface area (Å²) in [7, 11) is 0. The van der Waals surface area contributed by atoms with Crippen molar-refractivity contribution in [1.29, 1.82) is 0 Å². The van der Waals surface area contributed by atoms with Crippen LogP contribution in [0.2, 0.25) is 0 Å². The molecule has 0 aromatic heterocycles. The Labute approximate surface area is 319 Å². The highest BCUT2D eigenvalue weighted by Crippen LogP contribution is 2.41. The molecule has 0 spiro atoms. The SMILES string of the molecule is Cc1ccc(N(c2ccc(-c3ccccc3)cc2)c2ccccc2-c2ccccc2)cc1.Cc1ccc2ccccc2c1-c1cccc2cccc(C)c12. The molecule has 0 heterocycles. The van der Waals surface area contributed by atoms with Crippen LogP contribution >= 0.6 is 0 Å². The van der Waals surface area contributed by atoms with Gasteiger partial charge in [0.1, 0.15) is 0 Å². The second-order valence-corrected chi connectivity index (χ2v) is 13.9. The fourth-order valence-corrected chi connectivity index (χ4v) is 7.56. The zero-order valence-electron chi connectivity index (χ0n) is 31.1. The molecule has 0 radical (unpaired) electrons. The van der Waals surface area contributed by atoms with E-state index in [4.69, 9.17) is 0 Å². The summed E-state index contributed by atoms with van der Waals surface area (Å²) in [6.07, 6.45) is 0. The van der Waals surface area contributed by atoms with Gasteiger partial charge < -0.3 is 4.90 Å². The topological polar surface area (TPSA) is 3.24 Å². The zero-order chi connectivity index (χ0) is 36.9. The third kappa shape index (κ3) is 7.05. The zero-order valence-corrected chi connectivity index (χ0v) is 31.1. The van der Waals surface area contributed by atoms with Crippen molar-refractivity contribution in [2.75, 3.05) is 4.90 Å². The summed E-state index contributed by atoms with van der Waals surface area (Å²) < 4.78 is 0. The molecule has 0 bridgehead atoms. The van der Waals surface area contributed by atoms with Crippen molar-refractivity contribution in [3.8, 4) is 33.4 Å². The molecule has 0 aliphatic heterocycles. The van der Waals surface area contributed by atoms with Crippen molar-refractivity contribution in [1.82, 2.24) is 0 Å². The lowest BCUT2D eigenvalue weighted by Gasteiger charge is -2.28. The number of benzene rings is 9. The molecule has 0 aliphatic carbocycles. The number of fused-ring (bicyclic) bond motifs is 2. The van der Waals surface area contributed by atoms with Gasteiger partial charge in [-0.05, 0) is 112 Å². The number of para-hydroxylation sites is 1. The van der Waals surface area contributed by atoms with Crippen LogP contribution in [0.15, 0.2) is 206 Å². The summed E-state index contributed by atoms with van der Waals surface area (Å²) in [5.74, 6) is 0. The van der Waals surface area contributed by atoms with E-state index in [0.717, 1.165) is 17.1 Å². The van der Waals surface area contributed by atoms with Gasteiger partial charge in [-0.3, -0.25) is 0 Å². The van der Waals surface area contributed by atoms with Gasteiger partial charge in [0, 0.05) is 16.9 Å². The van der Waals surface area contributed by atoms with Crippen LogP contribution in [0.5, 0.6) is 0 Å². The molecule has 9 rings (SSSR count). The molecule has 0 unspecified atom stereocenters. The van der Waals surface area contributed by atoms with E-state index in [-0.39, 0.29) is 0 Å². The molecule has 1 nitrogen and oxygen atoms in total. The predicted molar refractivity (Wildman–Crippen MR) is 233 cm³/mol. The molecule has 0 N–H and O–H groups in total. The van der Waals surface area contributed by atoms with Gasteiger partial charge >= 0.3 is 0 Å². The molecule has 0 fully saturated rings. The molecule has 9 aromatic carbocycles. The quantitative estimate of drug-likeness (QED) is 0.168.